The summed E-state index contributed by atoms with van der Waals surface area (Å²) in [5.41, 5.74) is -0.216. The predicted octanol–water partition coefficient (Wildman–Crippen LogP) is 2.19. The molecule has 6 nitrogen and oxygen atoms in total. The average Bonchev–Trinajstić information content (AvgIpc) is 2.98. The van der Waals surface area contributed by atoms with Crippen LogP contribution in [0.5, 0.6) is 0 Å². The van der Waals surface area contributed by atoms with Crippen molar-refractivity contribution in [1.82, 2.24) is 5.32 Å². The first-order valence-corrected chi connectivity index (χ1v) is 8.87. The Bertz CT molecular complexity index is 426. The van der Waals surface area contributed by atoms with Crippen molar-refractivity contribution < 1.29 is 24.5 Å². The molecular weight excluding hydrogens is 310 g/mol. The van der Waals surface area contributed by atoms with Crippen molar-refractivity contribution in [3.63, 3.8) is 0 Å². The Kier molecular flexibility index (Phi) is 7.67. The van der Waals surface area contributed by atoms with Gasteiger partial charge in [0.1, 0.15) is 12.1 Å². The Labute approximate surface area is 145 Å². The zero-order valence-corrected chi connectivity index (χ0v) is 15.5. The van der Waals surface area contributed by atoms with Crippen LogP contribution in [0.25, 0.3) is 0 Å². The minimum absolute atomic E-state index is 0.0513. The van der Waals surface area contributed by atoms with Gasteiger partial charge in [-0.15, -0.1) is 0 Å². The number of ether oxygens (including phenoxy) is 1. The van der Waals surface area contributed by atoms with Crippen LogP contribution < -0.4 is 5.32 Å². The van der Waals surface area contributed by atoms with E-state index >= 15 is 0 Å². The molecule has 1 aliphatic heterocycles. The Morgan fingerprint density at radius 2 is 1.88 bits per heavy atom. The van der Waals surface area contributed by atoms with Gasteiger partial charge in [-0.05, 0) is 50.5 Å². The first-order valence-electron chi connectivity index (χ1n) is 8.87. The SMILES string of the molecule is C[C@H](C[C@H](OC(=O)C1CCCN1)C(C)(C)C)C[C@H](O)[C@H](C)C(=O)O. The molecule has 0 bridgehead atoms. The molecule has 0 aromatic carbocycles. The zero-order valence-electron chi connectivity index (χ0n) is 15.5. The maximum absolute atomic E-state index is 12.3. The second-order valence-electron chi connectivity index (χ2n) is 8.21. The number of carboxylic acid groups (broad SMARTS) is 1. The Morgan fingerprint density at radius 3 is 2.33 bits per heavy atom. The summed E-state index contributed by atoms with van der Waals surface area (Å²) in [4.78, 5) is 23.3. The lowest BCUT2D eigenvalue weighted by Crippen LogP contribution is -2.40. The molecule has 1 fully saturated rings. The van der Waals surface area contributed by atoms with Crippen LogP contribution in [0.1, 0.15) is 60.3 Å². The summed E-state index contributed by atoms with van der Waals surface area (Å²) in [5, 5.41) is 22.2. The summed E-state index contributed by atoms with van der Waals surface area (Å²) in [7, 11) is 0. The summed E-state index contributed by atoms with van der Waals surface area (Å²) in [6, 6.07) is -0.220. The van der Waals surface area contributed by atoms with Crippen LogP contribution in [0.4, 0.5) is 0 Å². The van der Waals surface area contributed by atoms with E-state index < -0.39 is 18.0 Å². The number of aliphatic carboxylic acids is 1. The van der Waals surface area contributed by atoms with Crippen LogP contribution in [0, 0.1) is 17.3 Å². The Balaban J connectivity index is 2.62. The number of hydrogen-bond donors (Lipinski definition) is 3. The molecule has 0 spiro atoms. The van der Waals surface area contributed by atoms with Gasteiger partial charge in [0.25, 0.3) is 0 Å². The van der Waals surface area contributed by atoms with E-state index in [0.717, 1.165) is 19.4 Å². The highest BCUT2D eigenvalue weighted by molar-refractivity contribution is 5.76. The van der Waals surface area contributed by atoms with Gasteiger partial charge in [0.2, 0.25) is 0 Å². The topological polar surface area (TPSA) is 95.9 Å². The number of esters is 1. The number of carbonyl (C=O) groups is 2. The molecule has 5 atom stereocenters. The number of aliphatic hydroxyl groups excluding tert-OH is 1. The van der Waals surface area contributed by atoms with Gasteiger partial charge in [-0.2, -0.15) is 0 Å². The fraction of sp³-hybridized carbons (Fsp3) is 0.889. The van der Waals surface area contributed by atoms with Crippen molar-refractivity contribution in [2.24, 2.45) is 17.3 Å². The first-order chi connectivity index (χ1) is 11.0. The quantitative estimate of drug-likeness (QED) is 0.585. The molecule has 6 heteroatoms. The van der Waals surface area contributed by atoms with Gasteiger partial charge >= 0.3 is 11.9 Å². The smallest absolute Gasteiger partial charge is 0.323 e. The molecule has 0 aromatic rings. The number of carboxylic acids is 1. The largest absolute Gasteiger partial charge is 0.481 e. The van der Waals surface area contributed by atoms with Gasteiger partial charge in [-0.1, -0.05) is 27.7 Å². The third-order valence-electron chi connectivity index (χ3n) is 4.80. The summed E-state index contributed by atoms with van der Waals surface area (Å²) in [6.45, 7) is 10.4. The van der Waals surface area contributed by atoms with Gasteiger partial charge in [-0.3, -0.25) is 9.59 Å². The summed E-state index contributed by atoms with van der Waals surface area (Å²) >= 11 is 0. The lowest BCUT2D eigenvalue weighted by molar-refractivity contribution is -0.158. The van der Waals surface area contributed by atoms with Gasteiger partial charge in [0, 0.05) is 0 Å². The number of hydrogen-bond acceptors (Lipinski definition) is 5. The summed E-state index contributed by atoms with van der Waals surface area (Å²) in [5.74, 6) is -1.96. The lowest BCUT2D eigenvalue weighted by atomic mass is 9.81. The van der Waals surface area contributed by atoms with Crippen molar-refractivity contribution >= 4 is 11.9 Å². The normalized spacial score (nSPS) is 23.3. The molecule has 1 aliphatic rings. The Hall–Kier alpha value is -1.14. The van der Waals surface area contributed by atoms with E-state index in [4.69, 9.17) is 9.84 Å². The molecule has 1 heterocycles. The standard InChI is InChI=1S/C18H33NO5/c1-11(9-14(20)12(2)16(21)22)10-15(18(3,4)5)24-17(23)13-7-6-8-19-13/h11-15,19-20H,6-10H2,1-5H3,(H,21,22)/t11-,12-,13?,14-,15-/m0/s1. The Morgan fingerprint density at radius 1 is 1.25 bits per heavy atom. The fourth-order valence-corrected chi connectivity index (χ4v) is 2.93. The molecule has 0 aromatic heterocycles. The first kappa shape index (κ1) is 20.9. The van der Waals surface area contributed by atoms with E-state index in [0.29, 0.717) is 12.8 Å². The molecule has 140 valence electrons. The minimum atomic E-state index is -0.999. The van der Waals surface area contributed by atoms with Crippen molar-refractivity contribution in [1.29, 1.82) is 0 Å². The molecule has 0 radical (unpaired) electrons. The van der Waals surface area contributed by atoms with Crippen molar-refractivity contribution in [3.05, 3.63) is 0 Å². The van der Waals surface area contributed by atoms with E-state index in [-0.39, 0.29) is 29.4 Å². The van der Waals surface area contributed by atoms with Gasteiger partial charge in [0.05, 0.1) is 12.0 Å². The van der Waals surface area contributed by atoms with Gasteiger partial charge < -0.3 is 20.3 Å². The molecule has 1 rings (SSSR count). The van der Waals surface area contributed by atoms with E-state index in [9.17, 15) is 14.7 Å². The number of aliphatic hydroxyl groups is 1. The third kappa shape index (κ3) is 6.40. The van der Waals surface area contributed by atoms with Crippen molar-refractivity contribution in [2.45, 2.75) is 78.6 Å². The van der Waals surface area contributed by atoms with Gasteiger partial charge in [0.15, 0.2) is 0 Å². The summed E-state index contributed by atoms with van der Waals surface area (Å²) in [6.07, 6.45) is 1.60. The van der Waals surface area contributed by atoms with Crippen molar-refractivity contribution in [3.8, 4) is 0 Å². The van der Waals surface area contributed by atoms with Crippen molar-refractivity contribution in [2.75, 3.05) is 6.54 Å². The molecule has 0 saturated carbocycles. The second-order valence-corrected chi connectivity index (χ2v) is 8.21. The molecule has 3 N–H and O–H groups in total. The maximum atomic E-state index is 12.3. The number of rotatable bonds is 8. The minimum Gasteiger partial charge on any atom is -0.481 e. The molecular formula is C18H33NO5. The highest BCUT2D eigenvalue weighted by Crippen LogP contribution is 2.30. The monoisotopic (exact) mass is 343 g/mol. The molecule has 1 unspecified atom stereocenters. The zero-order chi connectivity index (χ0) is 18.5. The van der Waals surface area contributed by atoms with Crippen LogP contribution in [0.3, 0.4) is 0 Å². The predicted molar refractivity (Wildman–Crippen MR) is 91.6 cm³/mol. The molecule has 0 aliphatic carbocycles. The average molecular weight is 343 g/mol. The highest BCUT2D eigenvalue weighted by Gasteiger charge is 2.34. The highest BCUT2D eigenvalue weighted by atomic mass is 16.5. The molecule has 1 saturated heterocycles. The number of nitrogens with one attached hydrogen (secondary N) is 1. The lowest BCUT2D eigenvalue weighted by Gasteiger charge is -2.33. The summed E-state index contributed by atoms with van der Waals surface area (Å²) < 4.78 is 5.76. The molecule has 24 heavy (non-hydrogen) atoms. The van der Waals surface area contributed by atoms with E-state index in [1.165, 1.54) is 6.92 Å². The van der Waals surface area contributed by atoms with Gasteiger partial charge in [-0.25, -0.2) is 0 Å². The maximum Gasteiger partial charge on any atom is 0.323 e. The fourth-order valence-electron chi connectivity index (χ4n) is 2.93. The molecule has 0 amide bonds. The second kappa shape index (κ2) is 8.81. The van der Waals surface area contributed by atoms with E-state index in [1.54, 1.807) is 0 Å². The van der Waals surface area contributed by atoms with Crippen LogP contribution in [0.15, 0.2) is 0 Å². The van der Waals surface area contributed by atoms with E-state index in [1.807, 2.05) is 27.7 Å². The van der Waals surface area contributed by atoms with E-state index in [2.05, 4.69) is 5.32 Å². The van der Waals surface area contributed by atoms with Crippen LogP contribution in [0.2, 0.25) is 0 Å². The van der Waals surface area contributed by atoms with Crippen LogP contribution >= 0.6 is 0 Å². The van der Waals surface area contributed by atoms with Crippen LogP contribution in [-0.2, 0) is 14.3 Å². The number of carbonyl (C=O) groups excluding carboxylic acids is 1. The third-order valence-corrected chi connectivity index (χ3v) is 4.80. The van der Waals surface area contributed by atoms with Crippen LogP contribution in [-0.4, -0.2) is 46.9 Å².